The molecule has 4 rings (SSSR count). The molecule has 0 unspecified atom stereocenters. The van der Waals surface area contributed by atoms with E-state index in [1.807, 2.05) is 18.2 Å². The summed E-state index contributed by atoms with van der Waals surface area (Å²) in [5, 5.41) is 5.83. The fraction of sp³-hybridized carbons (Fsp3) is 0.522. The number of anilines is 2. The number of piperazine rings is 1. The van der Waals surface area contributed by atoms with Gasteiger partial charge in [0.15, 0.2) is 5.13 Å². The van der Waals surface area contributed by atoms with Crippen molar-refractivity contribution in [2.45, 2.75) is 45.7 Å². The van der Waals surface area contributed by atoms with E-state index in [2.05, 4.69) is 33.5 Å². The summed E-state index contributed by atoms with van der Waals surface area (Å²) >= 11 is 1.51. The third-order valence-electron chi connectivity index (χ3n) is 5.82. The Labute approximate surface area is 188 Å². The number of nitrogens with zero attached hydrogens (tertiary/aromatic N) is 4. The number of aromatic nitrogens is 1. The highest BCUT2D eigenvalue weighted by atomic mass is 32.1. The normalized spacial score (nSPS) is 17.5. The molecule has 1 aliphatic heterocycles. The molecule has 0 atom stereocenters. The third-order valence-corrected chi connectivity index (χ3v) is 6.69. The molecular weight excluding hydrogens is 410 g/mol. The van der Waals surface area contributed by atoms with Crippen LogP contribution in [0.4, 0.5) is 10.8 Å². The van der Waals surface area contributed by atoms with Gasteiger partial charge in [-0.1, -0.05) is 25.1 Å². The summed E-state index contributed by atoms with van der Waals surface area (Å²) in [7, 11) is 0. The largest absolute Gasteiger partial charge is 0.352 e. The SMILES string of the molecule is CCc1ccccc1N(C(C)=O)c1nc(CN2CCN(CC(=O)NC3CC3)CC2)cs1. The van der Waals surface area contributed by atoms with Gasteiger partial charge < -0.3 is 5.32 Å². The fourth-order valence-electron chi connectivity index (χ4n) is 3.95. The van der Waals surface area contributed by atoms with Crippen LogP contribution in [0.15, 0.2) is 29.6 Å². The monoisotopic (exact) mass is 441 g/mol. The van der Waals surface area contributed by atoms with Crippen molar-refractivity contribution >= 4 is 34.0 Å². The summed E-state index contributed by atoms with van der Waals surface area (Å²) in [6.07, 6.45) is 3.11. The molecule has 1 saturated heterocycles. The Kier molecular flexibility index (Phi) is 6.99. The topological polar surface area (TPSA) is 68.8 Å². The van der Waals surface area contributed by atoms with Crippen molar-refractivity contribution in [1.82, 2.24) is 20.1 Å². The first-order valence-corrected chi connectivity index (χ1v) is 12.0. The molecule has 1 aromatic carbocycles. The van der Waals surface area contributed by atoms with Gasteiger partial charge in [0.2, 0.25) is 11.8 Å². The predicted octanol–water partition coefficient (Wildman–Crippen LogP) is 2.79. The summed E-state index contributed by atoms with van der Waals surface area (Å²) in [5.74, 6) is 0.122. The van der Waals surface area contributed by atoms with Gasteiger partial charge in [-0.25, -0.2) is 4.98 Å². The molecule has 0 spiro atoms. The number of benzene rings is 1. The van der Waals surface area contributed by atoms with Crippen LogP contribution in [-0.4, -0.2) is 65.4 Å². The Hall–Kier alpha value is -2.29. The second kappa shape index (κ2) is 9.89. The highest BCUT2D eigenvalue weighted by Gasteiger charge is 2.26. The van der Waals surface area contributed by atoms with E-state index < -0.39 is 0 Å². The summed E-state index contributed by atoms with van der Waals surface area (Å²) in [5.41, 5.74) is 3.04. The van der Waals surface area contributed by atoms with Crippen LogP contribution < -0.4 is 10.2 Å². The minimum absolute atomic E-state index is 0.0279. The number of thiazole rings is 1. The number of rotatable bonds is 8. The summed E-state index contributed by atoms with van der Waals surface area (Å²) in [6, 6.07) is 8.43. The van der Waals surface area contributed by atoms with E-state index in [4.69, 9.17) is 4.98 Å². The van der Waals surface area contributed by atoms with Crippen molar-refractivity contribution in [3.8, 4) is 0 Å². The van der Waals surface area contributed by atoms with E-state index >= 15 is 0 Å². The number of carbonyl (C=O) groups is 2. The summed E-state index contributed by atoms with van der Waals surface area (Å²) in [4.78, 5) is 35.6. The molecule has 2 aromatic rings. The zero-order chi connectivity index (χ0) is 21.8. The average Bonchev–Trinajstić information content (AvgIpc) is 3.46. The highest BCUT2D eigenvalue weighted by molar-refractivity contribution is 7.14. The van der Waals surface area contributed by atoms with Crippen LogP contribution in [0, 0.1) is 0 Å². The van der Waals surface area contributed by atoms with E-state index in [1.54, 1.807) is 11.8 Å². The Bertz CT molecular complexity index is 918. The summed E-state index contributed by atoms with van der Waals surface area (Å²) < 4.78 is 0. The molecule has 0 radical (unpaired) electrons. The van der Waals surface area contributed by atoms with Crippen molar-refractivity contribution in [3.63, 3.8) is 0 Å². The van der Waals surface area contributed by atoms with Crippen molar-refractivity contribution in [2.24, 2.45) is 0 Å². The standard InChI is InChI=1S/C23H31N5O2S/c1-3-18-6-4-5-7-21(18)28(17(2)29)23-25-20(16-31-23)14-26-10-12-27(13-11-26)15-22(30)24-19-8-9-19/h4-7,16,19H,3,8-15H2,1-2H3,(H,24,30). The van der Waals surface area contributed by atoms with Gasteiger partial charge in [-0.15, -0.1) is 11.3 Å². The van der Waals surface area contributed by atoms with Gasteiger partial charge in [0.1, 0.15) is 0 Å². The van der Waals surface area contributed by atoms with Crippen LogP contribution in [0.1, 0.15) is 37.9 Å². The molecule has 1 N–H and O–H groups in total. The molecule has 166 valence electrons. The number of carbonyl (C=O) groups excluding carboxylic acids is 2. The molecule has 1 aromatic heterocycles. The zero-order valence-corrected chi connectivity index (χ0v) is 19.2. The molecule has 31 heavy (non-hydrogen) atoms. The minimum Gasteiger partial charge on any atom is -0.352 e. The Morgan fingerprint density at radius 3 is 2.55 bits per heavy atom. The maximum absolute atomic E-state index is 12.5. The van der Waals surface area contributed by atoms with Crippen molar-refractivity contribution in [1.29, 1.82) is 0 Å². The van der Waals surface area contributed by atoms with Crippen LogP contribution in [0.5, 0.6) is 0 Å². The number of para-hydroxylation sites is 1. The van der Waals surface area contributed by atoms with Crippen LogP contribution in [-0.2, 0) is 22.6 Å². The van der Waals surface area contributed by atoms with Gasteiger partial charge >= 0.3 is 0 Å². The van der Waals surface area contributed by atoms with Crippen LogP contribution in [0.2, 0.25) is 0 Å². The van der Waals surface area contributed by atoms with Crippen LogP contribution in [0.25, 0.3) is 0 Å². The minimum atomic E-state index is -0.0279. The van der Waals surface area contributed by atoms with Gasteiger partial charge in [-0.3, -0.25) is 24.3 Å². The molecule has 8 heteroatoms. The molecule has 2 heterocycles. The lowest BCUT2D eigenvalue weighted by Crippen LogP contribution is -2.49. The highest BCUT2D eigenvalue weighted by Crippen LogP contribution is 2.32. The molecule has 7 nitrogen and oxygen atoms in total. The molecule has 2 amide bonds. The second-order valence-electron chi connectivity index (χ2n) is 8.35. The van der Waals surface area contributed by atoms with E-state index in [9.17, 15) is 9.59 Å². The third kappa shape index (κ3) is 5.70. The van der Waals surface area contributed by atoms with Crippen LogP contribution in [0.3, 0.4) is 0 Å². The first-order chi connectivity index (χ1) is 15.0. The molecule has 2 aliphatic rings. The number of hydrogen-bond donors (Lipinski definition) is 1. The van der Waals surface area contributed by atoms with E-state index in [0.717, 1.165) is 74.1 Å². The van der Waals surface area contributed by atoms with Gasteiger partial charge in [-0.2, -0.15) is 0 Å². The Morgan fingerprint density at radius 1 is 1.16 bits per heavy atom. The van der Waals surface area contributed by atoms with Gasteiger partial charge in [0.25, 0.3) is 0 Å². The molecule has 0 bridgehead atoms. The lowest BCUT2D eigenvalue weighted by molar-refractivity contribution is -0.122. The predicted molar refractivity (Wildman–Crippen MR) is 124 cm³/mol. The summed E-state index contributed by atoms with van der Waals surface area (Å²) in [6.45, 7) is 8.55. The zero-order valence-electron chi connectivity index (χ0n) is 18.3. The molecule has 2 fully saturated rings. The van der Waals surface area contributed by atoms with Crippen molar-refractivity contribution in [2.75, 3.05) is 37.6 Å². The van der Waals surface area contributed by atoms with Crippen molar-refractivity contribution < 1.29 is 9.59 Å². The average molecular weight is 442 g/mol. The fourth-order valence-corrected chi connectivity index (χ4v) is 4.82. The maximum atomic E-state index is 12.5. The Morgan fingerprint density at radius 2 is 1.87 bits per heavy atom. The van der Waals surface area contributed by atoms with Gasteiger partial charge in [0, 0.05) is 51.1 Å². The number of aryl methyl sites for hydroxylation is 1. The van der Waals surface area contributed by atoms with E-state index in [1.165, 1.54) is 11.3 Å². The first kappa shape index (κ1) is 21.9. The van der Waals surface area contributed by atoms with Gasteiger partial charge in [-0.05, 0) is 30.9 Å². The Balaban J connectivity index is 1.34. The molecule has 1 saturated carbocycles. The molecular formula is C23H31N5O2S. The maximum Gasteiger partial charge on any atom is 0.234 e. The number of amides is 2. The van der Waals surface area contributed by atoms with E-state index in [0.29, 0.717) is 12.6 Å². The first-order valence-electron chi connectivity index (χ1n) is 11.1. The molecule has 1 aliphatic carbocycles. The van der Waals surface area contributed by atoms with E-state index in [-0.39, 0.29) is 11.8 Å². The number of hydrogen-bond acceptors (Lipinski definition) is 6. The lowest BCUT2D eigenvalue weighted by Gasteiger charge is -2.33. The van der Waals surface area contributed by atoms with Gasteiger partial charge in [0.05, 0.1) is 17.9 Å². The lowest BCUT2D eigenvalue weighted by atomic mass is 10.1. The smallest absolute Gasteiger partial charge is 0.234 e. The van der Waals surface area contributed by atoms with Crippen LogP contribution >= 0.6 is 11.3 Å². The number of nitrogens with one attached hydrogen (secondary N) is 1. The quantitative estimate of drug-likeness (QED) is 0.682. The second-order valence-corrected chi connectivity index (χ2v) is 9.19. The van der Waals surface area contributed by atoms with Crippen molar-refractivity contribution in [3.05, 3.63) is 40.9 Å².